The summed E-state index contributed by atoms with van der Waals surface area (Å²) in [4.78, 5) is 29.2. The molecule has 0 unspecified atom stereocenters. The number of benzene rings is 2. The summed E-state index contributed by atoms with van der Waals surface area (Å²) in [6.07, 6.45) is 1.23. The SMILES string of the molecule is O=C(Cn1cnc2onc(-c3ccc(F)cc3)c2c1=O)NCc1cccc(Cl)c1. The fourth-order valence-electron chi connectivity index (χ4n) is 2.86. The normalized spacial score (nSPS) is 11.0. The van der Waals surface area contributed by atoms with Gasteiger partial charge in [-0.15, -0.1) is 0 Å². The van der Waals surface area contributed by atoms with Gasteiger partial charge in [-0.1, -0.05) is 28.9 Å². The van der Waals surface area contributed by atoms with Gasteiger partial charge in [0.15, 0.2) is 0 Å². The van der Waals surface area contributed by atoms with Crippen LogP contribution in [0.3, 0.4) is 0 Å². The highest BCUT2D eigenvalue weighted by molar-refractivity contribution is 6.30. The van der Waals surface area contributed by atoms with E-state index in [1.54, 1.807) is 18.2 Å². The first kappa shape index (κ1) is 18.8. The number of aromatic nitrogens is 3. The third-order valence-electron chi connectivity index (χ3n) is 4.27. The van der Waals surface area contributed by atoms with Gasteiger partial charge in [0.1, 0.15) is 29.8 Å². The molecule has 0 aliphatic rings. The van der Waals surface area contributed by atoms with Crippen molar-refractivity contribution >= 4 is 28.6 Å². The van der Waals surface area contributed by atoms with Gasteiger partial charge in [0, 0.05) is 17.1 Å². The molecule has 0 aliphatic carbocycles. The van der Waals surface area contributed by atoms with Crippen molar-refractivity contribution in [2.45, 2.75) is 13.1 Å². The first-order chi connectivity index (χ1) is 14.0. The molecule has 0 fully saturated rings. The summed E-state index contributed by atoms with van der Waals surface area (Å²) in [7, 11) is 0. The number of rotatable bonds is 5. The van der Waals surface area contributed by atoms with Crippen LogP contribution in [0.25, 0.3) is 22.4 Å². The van der Waals surface area contributed by atoms with Crippen molar-refractivity contribution in [3.63, 3.8) is 0 Å². The van der Waals surface area contributed by atoms with Crippen LogP contribution in [0.5, 0.6) is 0 Å². The molecule has 0 saturated carbocycles. The third-order valence-corrected chi connectivity index (χ3v) is 4.51. The Kier molecular flexibility index (Phi) is 5.09. The Bertz CT molecular complexity index is 1250. The van der Waals surface area contributed by atoms with Crippen molar-refractivity contribution in [1.29, 1.82) is 0 Å². The predicted octanol–water partition coefficient (Wildman–Crippen LogP) is 3.16. The summed E-state index contributed by atoms with van der Waals surface area (Å²) in [5.74, 6) is -0.776. The second-order valence-electron chi connectivity index (χ2n) is 6.30. The molecule has 0 bridgehead atoms. The van der Waals surface area contributed by atoms with Crippen molar-refractivity contribution in [2.24, 2.45) is 0 Å². The summed E-state index contributed by atoms with van der Waals surface area (Å²) in [5.41, 5.74) is 1.15. The lowest BCUT2D eigenvalue weighted by molar-refractivity contribution is -0.121. The summed E-state index contributed by atoms with van der Waals surface area (Å²) in [6, 6.07) is 12.6. The average molecular weight is 413 g/mol. The zero-order valence-corrected chi connectivity index (χ0v) is 15.7. The van der Waals surface area contributed by atoms with Crippen LogP contribution in [0, 0.1) is 5.82 Å². The van der Waals surface area contributed by atoms with Crippen LogP contribution in [0.15, 0.2) is 64.2 Å². The van der Waals surface area contributed by atoms with Gasteiger partial charge in [0.05, 0.1) is 0 Å². The number of amides is 1. The van der Waals surface area contributed by atoms with Crippen molar-refractivity contribution in [3.05, 3.63) is 81.6 Å². The molecule has 146 valence electrons. The lowest BCUT2D eigenvalue weighted by Crippen LogP contribution is -2.32. The van der Waals surface area contributed by atoms with E-state index in [9.17, 15) is 14.0 Å². The van der Waals surface area contributed by atoms with Crippen LogP contribution in [-0.2, 0) is 17.9 Å². The van der Waals surface area contributed by atoms with Gasteiger partial charge in [-0.3, -0.25) is 14.2 Å². The summed E-state index contributed by atoms with van der Waals surface area (Å²) in [5, 5.41) is 7.30. The molecule has 0 atom stereocenters. The molecule has 4 aromatic rings. The molecular weight excluding hydrogens is 399 g/mol. The third kappa shape index (κ3) is 4.02. The van der Waals surface area contributed by atoms with Crippen LogP contribution < -0.4 is 10.9 Å². The zero-order chi connectivity index (χ0) is 20.4. The van der Waals surface area contributed by atoms with E-state index in [0.29, 0.717) is 10.6 Å². The Morgan fingerprint density at radius 1 is 1.21 bits per heavy atom. The molecule has 4 rings (SSSR count). The maximum Gasteiger partial charge on any atom is 0.267 e. The molecular formula is C20H14ClFN4O3. The van der Waals surface area contributed by atoms with Gasteiger partial charge >= 0.3 is 0 Å². The Labute approximate surface area is 168 Å². The van der Waals surface area contributed by atoms with Crippen molar-refractivity contribution in [3.8, 4) is 11.3 Å². The maximum absolute atomic E-state index is 13.2. The Morgan fingerprint density at radius 3 is 2.76 bits per heavy atom. The number of halogens is 2. The van der Waals surface area contributed by atoms with E-state index in [1.807, 2.05) is 6.07 Å². The van der Waals surface area contributed by atoms with Gasteiger partial charge in [-0.2, -0.15) is 0 Å². The molecule has 9 heteroatoms. The van der Waals surface area contributed by atoms with E-state index < -0.39 is 11.4 Å². The fourth-order valence-corrected chi connectivity index (χ4v) is 3.07. The van der Waals surface area contributed by atoms with Gasteiger partial charge < -0.3 is 9.84 Å². The standard InChI is InChI=1S/C20H14ClFN4O3/c21-14-3-1-2-12(8-14)9-23-16(27)10-26-11-24-19-17(20(26)28)18(25-29-19)13-4-6-15(22)7-5-13/h1-8,11H,9-10H2,(H,23,27). The van der Waals surface area contributed by atoms with Crippen LogP contribution in [0.2, 0.25) is 5.02 Å². The summed E-state index contributed by atoms with van der Waals surface area (Å²) < 4.78 is 19.4. The molecule has 0 saturated heterocycles. The van der Waals surface area contributed by atoms with E-state index in [4.69, 9.17) is 16.1 Å². The smallest absolute Gasteiger partial charge is 0.267 e. The number of hydrogen-bond donors (Lipinski definition) is 1. The van der Waals surface area contributed by atoms with Crippen LogP contribution in [-0.4, -0.2) is 20.6 Å². The Morgan fingerprint density at radius 2 is 2.00 bits per heavy atom. The van der Waals surface area contributed by atoms with Crippen LogP contribution >= 0.6 is 11.6 Å². The summed E-state index contributed by atoms with van der Waals surface area (Å²) >= 11 is 5.93. The van der Waals surface area contributed by atoms with Gasteiger partial charge in [0.2, 0.25) is 5.91 Å². The number of nitrogens with zero attached hydrogens (tertiary/aromatic N) is 3. The molecule has 0 aliphatic heterocycles. The van der Waals surface area contributed by atoms with E-state index in [-0.39, 0.29) is 35.8 Å². The molecule has 29 heavy (non-hydrogen) atoms. The highest BCUT2D eigenvalue weighted by Crippen LogP contribution is 2.24. The van der Waals surface area contributed by atoms with E-state index in [0.717, 1.165) is 5.56 Å². The molecule has 0 radical (unpaired) electrons. The average Bonchev–Trinajstić information content (AvgIpc) is 3.14. The van der Waals surface area contributed by atoms with E-state index >= 15 is 0 Å². The lowest BCUT2D eigenvalue weighted by atomic mass is 10.1. The highest BCUT2D eigenvalue weighted by atomic mass is 35.5. The van der Waals surface area contributed by atoms with E-state index in [1.165, 1.54) is 35.2 Å². The topological polar surface area (TPSA) is 90.0 Å². The van der Waals surface area contributed by atoms with Gasteiger partial charge in [0.25, 0.3) is 11.3 Å². The molecule has 0 spiro atoms. The zero-order valence-electron chi connectivity index (χ0n) is 14.9. The van der Waals surface area contributed by atoms with Crippen LogP contribution in [0.4, 0.5) is 4.39 Å². The number of carbonyl (C=O) groups is 1. The number of carbonyl (C=O) groups excluding carboxylic acids is 1. The molecule has 2 aromatic heterocycles. The highest BCUT2D eigenvalue weighted by Gasteiger charge is 2.18. The maximum atomic E-state index is 13.2. The minimum atomic E-state index is -0.478. The fraction of sp³-hybridized carbons (Fsp3) is 0.100. The predicted molar refractivity (Wildman–Crippen MR) is 105 cm³/mol. The number of hydrogen-bond acceptors (Lipinski definition) is 5. The van der Waals surface area contributed by atoms with Crippen LogP contribution in [0.1, 0.15) is 5.56 Å². The molecule has 1 N–H and O–H groups in total. The van der Waals surface area contributed by atoms with Crippen molar-refractivity contribution < 1.29 is 13.7 Å². The molecule has 1 amide bonds. The molecule has 2 heterocycles. The molecule has 2 aromatic carbocycles. The monoisotopic (exact) mass is 412 g/mol. The number of nitrogens with one attached hydrogen (secondary N) is 1. The Balaban J connectivity index is 1.57. The van der Waals surface area contributed by atoms with Crippen molar-refractivity contribution in [2.75, 3.05) is 0 Å². The van der Waals surface area contributed by atoms with E-state index in [2.05, 4.69) is 15.5 Å². The Hall–Kier alpha value is -3.52. The minimum Gasteiger partial charge on any atom is -0.350 e. The quantitative estimate of drug-likeness (QED) is 0.543. The summed E-state index contributed by atoms with van der Waals surface area (Å²) in [6.45, 7) is 0.0499. The largest absolute Gasteiger partial charge is 0.350 e. The second-order valence-corrected chi connectivity index (χ2v) is 6.74. The first-order valence-electron chi connectivity index (χ1n) is 8.63. The minimum absolute atomic E-state index is 0.0462. The van der Waals surface area contributed by atoms with Gasteiger partial charge in [-0.05, 0) is 42.0 Å². The van der Waals surface area contributed by atoms with Crippen molar-refractivity contribution in [1.82, 2.24) is 20.0 Å². The second kappa shape index (κ2) is 7.84. The first-order valence-corrected chi connectivity index (χ1v) is 9.01. The molecule has 7 nitrogen and oxygen atoms in total. The lowest BCUT2D eigenvalue weighted by Gasteiger charge is -2.07. The number of fused-ring (bicyclic) bond motifs is 1. The van der Waals surface area contributed by atoms with Gasteiger partial charge in [-0.25, -0.2) is 9.37 Å².